The second-order valence-corrected chi connectivity index (χ2v) is 5.40. The standard InChI is InChI=1S/C18H18FN3O/c1-2-17-21-15-8-5-13(11-16(15)22-17)18(23)20-10-9-12-3-6-14(19)7-4-12/h3-8,11H,2,9-10H2,1H3,(H,20,23)(H,21,22). The lowest BCUT2D eigenvalue weighted by atomic mass is 10.1. The van der Waals surface area contributed by atoms with Crippen LogP contribution < -0.4 is 5.32 Å². The number of carbonyl (C=O) groups excluding carboxylic acids is 1. The van der Waals surface area contributed by atoms with Crippen molar-refractivity contribution in [2.75, 3.05) is 6.54 Å². The van der Waals surface area contributed by atoms with Gasteiger partial charge < -0.3 is 10.3 Å². The third-order valence-electron chi connectivity index (χ3n) is 3.74. The molecule has 0 spiro atoms. The van der Waals surface area contributed by atoms with Crippen molar-refractivity contribution < 1.29 is 9.18 Å². The molecule has 5 heteroatoms. The predicted octanol–water partition coefficient (Wildman–Crippen LogP) is 3.24. The van der Waals surface area contributed by atoms with E-state index in [1.165, 1.54) is 12.1 Å². The molecule has 0 saturated heterocycles. The lowest BCUT2D eigenvalue weighted by Crippen LogP contribution is -2.25. The molecule has 23 heavy (non-hydrogen) atoms. The summed E-state index contributed by atoms with van der Waals surface area (Å²) in [6.07, 6.45) is 1.49. The monoisotopic (exact) mass is 311 g/mol. The third-order valence-corrected chi connectivity index (χ3v) is 3.74. The Labute approximate surface area is 133 Å². The van der Waals surface area contributed by atoms with Crippen molar-refractivity contribution in [3.63, 3.8) is 0 Å². The van der Waals surface area contributed by atoms with Gasteiger partial charge in [-0.05, 0) is 42.3 Å². The van der Waals surface area contributed by atoms with Crippen molar-refractivity contribution in [2.24, 2.45) is 0 Å². The molecule has 0 atom stereocenters. The van der Waals surface area contributed by atoms with E-state index in [1.807, 2.05) is 19.1 Å². The van der Waals surface area contributed by atoms with Crippen LogP contribution in [0.1, 0.15) is 28.7 Å². The molecule has 2 N–H and O–H groups in total. The normalized spacial score (nSPS) is 10.9. The maximum absolute atomic E-state index is 12.8. The molecule has 3 aromatic rings. The van der Waals surface area contributed by atoms with Gasteiger partial charge in [0, 0.05) is 18.5 Å². The van der Waals surface area contributed by atoms with Crippen LogP contribution in [0.2, 0.25) is 0 Å². The summed E-state index contributed by atoms with van der Waals surface area (Å²) in [7, 11) is 0. The molecule has 0 fully saturated rings. The number of fused-ring (bicyclic) bond motifs is 1. The van der Waals surface area contributed by atoms with Gasteiger partial charge in [0.15, 0.2) is 0 Å². The number of aryl methyl sites for hydroxylation is 1. The van der Waals surface area contributed by atoms with Gasteiger partial charge in [-0.3, -0.25) is 4.79 Å². The van der Waals surface area contributed by atoms with E-state index in [9.17, 15) is 9.18 Å². The second kappa shape index (κ2) is 6.60. The Morgan fingerprint density at radius 1 is 1.22 bits per heavy atom. The van der Waals surface area contributed by atoms with E-state index in [1.54, 1.807) is 18.2 Å². The molecular weight excluding hydrogens is 293 g/mol. The number of benzene rings is 2. The molecular formula is C18H18FN3O. The number of halogens is 1. The Bertz CT molecular complexity index is 824. The highest BCUT2D eigenvalue weighted by molar-refractivity contribution is 5.97. The largest absolute Gasteiger partial charge is 0.352 e. The van der Waals surface area contributed by atoms with Crippen LogP contribution in [0, 0.1) is 5.82 Å². The summed E-state index contributed by atoms with van der Waals surface area (Å²) in [5, 5.41) is 2.88. The van der Waals surface area contributed by atoms with Gasteiger partial charge in [0.05, 0.1) is 11.0 Å². The van der Waals surface area contributed by atoms with Crippen LogP contribution in [0.3, 0.4) is 0 Å². The number of aromatic nitrogens is 2. The molecule has 0 saturated carbocycles. The lowest BCUT2D eigenvalue weighted by molar-refractivity contribution is 0.0954. The molecule has 0 bridgehead atoms. The third kappa shape index (κ3) is 3.56. The zero-order chi connectivity index (χ0) is 16.2. The van der Waals surface area contributed by atoms with Crippen LogP contribution in [0.4, 0.5) is 4.39 Å². The minimum absolute atomic E-state index is 0.123. The fourth-order valence-corrected chi connectivity index (χ4v) is 2.44. The molecule has 4 nitrogen and oxygen atoms in total. The van der Waals surface area contributed by atoms with E-state index in [4.69, 9.17) is 0 Å². The van der Waals surface area contributed by atoms with Gasteiger partial charge in [-0.2, -0.15) is 0 Å². The Balaban J connectivity index is 1.62. The van der Waals surface area contributed by atoms with Gasteiger partial charge in [0.25, 0.3) is 5.91 Å². The number of amides is 1. The number of rotatable bonds is 5. The van der Waals surface area contributed by atoms with Gasteiger partial charge >= 0.3 is 0 Å². The first-order valence-corrected chi connectivity index (χ1v) is 7.67. The molecule has 3 rings (SSSR count). The minimum atomic E-state index is -0.253. The number of nitrogens with zero attached hydrogens (tertiary/aromatic N) is 1. The summed E-state index contributed by atoms with van der Waals surface area (Å²) in [4.78, 5) is 19.8. The highest BCUT2D eigenvalue weighted by Crippen LogP contribution is 2.14. The quantitative estimate of drug-likeness (QED) is 0.760. The molecule has 1 aromatic heterocycles. The van der Waals surface area contributed by atoms with E-state index in [-0.39, 0.29) is 11.7 Å². The molecule has 2 aromatic carbocycles. The number of aromatic amines is 1. The maximum Gasteiger partial charge on any atom is 0.251 e. The van der Waals surface area contributed by atoms with E-state index < -0.39 is 0 Å². The highest BCUT2D eigenvalue weighted by atomic mass is 19.1. The molecule has 118 valence electrons. The van der Waals surface area contributed by atoms with Crippen LogP contribution in [-0.4, -0.2) is 22.4 Å². The molecule has 0 aliphatic rings. The van der Waals surface area contributed by atoms with Gasteiger partial charge in [0.1, 0.15) is 11.6 Å². The predicted molar refractivity (Wildman–Crippen MR) is 87.9 cm³/mol. The second-order valence-electron chi connectivity index (χ2n) is 5.40. The van der Waals surface area contributed by atoms with Crippen LogP contribution in [0.25, 0.3) is 11.0 Å². The minimum Gasteiger partial charge on any atom is -0.352 e. The average molecular weight is 311 g/mol. The summed E-state index contributed by atoms with van der Waals surface area (Å²) in [5.74, 6) is 0.535. The molecule has 0 aliphatic carbocycles. The summed E-state index contributed by atoms with van der Waals surface area (Å²) in [5.41, 5.74) is 3.32. The van der Waals surface area contributed by atoms with Crippen molar-refractivity contribution in [1.29, 1.82) is 0 Å². The molecule has 0 unspecified atom stereocenters. The number of imidazole rings is 1. The fourth-order valence-electron chi connectivity index (χ4n) is 2.44. The van der Waals surface area contributed by atoms with E-state index in [2.05, 4.69) is 15.3 Å². The summed E-state index contributed by atoms with van der Waals surface area (Å²) in [6.45, 7) is 2.53. The topological polar surface area (TPSA) is 57.8 Å². The van der Waals surface area contributed by atoms with Crippen molar-refractivity contribution in [3.05, 3.63) is 65.2 Å². The molecule has 1 heterocycles. The Hall–Kier alpha value is -2.69. The molecule has 0 aliphatic heterocycles. The lowest BCUT2D eigenvalue weighted by Gasteiger charge is -2.05. The first-order chi connectivity index (χ1) is 11.2. The van der Waals surface area contributed by atoms with Gasteiger partial charge in [-0.15, -0.1) is 0 Å². The number of H-pyrrole nitrogens is 1. The van der Waals surface area contributed by atoms with Crippen LogP contribution in [0.5, 0.6) is 0 Å². The summed E-state index contributed by atoms with van der Waals surface area (Å²) < 4.78 is 12.8. The first-order valence-electron chi connectivity index (χ1n) is 7.67. The van der Waals surface area contributed by atoms with E-state index in [0.29, 0.717) is 18.5 Å². The Morgan fingerprint density at radius 3 is 2.74 bits per heavy atom. The number of hydrogen-bond acceptors (Lipinski definition) is 2. The first kappa shape index (κ1) is 15.2. The zero-order valence-corrected chi connectivity index (χ0v) is 12.9. The summed E-state index contributed by atoms with van der Waals surface area (Å²) >= 11 is 0. The zero-order valence-electron chi connectivity index (χ0n) is 12.9. The van der Waals surface area contributed by atoms with Crippen molar-refractivity contribution in [1.82, 2.24) is 15.3 Å². The highest BCUT2D eigenvalue weighted by Gasteiger charge is 2.08. The van der Waals surface area contributed by atoms with Crippen LogP contribution in [0.15, 0.2) is 42.5 Å². The SMILES string of the molecule is CCc1nc2ccc(C(=O)NCCc3ccc(F)cc3)cc2[nH]1. The number of hydrogen-bond donors (Lipinski definition) is 2. The van der Waals surface area contributed by atoms with Gasteiger partial charge in [0.2, 0.25) is 0 Å². The Kier molecular flexibility index (Phi) is 4.37. The average Bonchev–Trinajstić information content (AvgIpc) is 2.98. The maximum atomic E-state index is 12.8. The van der Waals surface area contributed by atoms with Crippen molar-refractivity contribution in [3.8, 4) is 0 Å². The fraction of sp³-hybridized carbons (Fsp3) is 0.222. The van der Waals surface area contributed by atoms with E-state index >= 15 is 0 Å². The molecule has 1 amide bonds. The Morgan fingerprint density at radius 2 is 2.00 bits per heavy atom. The van der Waals surface area contributed by atoms with Crippen molar-refractivity contribution in [2.45, 2.75) is 19.8 Å². The van der Waals surface area contributed by atoms with E-state index in [0.717, 1.165) is 28.8 Å². The van der Waals surface area contributed by atoms with Crippen molar-refractivity contribution >= 4 is 16.9 Å². The van der Waals surface area contributed by atoms with Gasteiger partial charge in [-0.1, -0.05) is 19.1 Å². The number of nitrogens with one attached hydrogen (secondary N) is 2. The van der Waals surface area contributed by atoms with Crippen LogP contribution >= 0.6 is 0 Å². The summed E-state index contributed by atoms with van der Waals surface area (Å²) in [6, 6.07) is 11.7. The molecule has 0 radical (unpaired) electrons. The van der Waals surface area contributed by atoms with Gasteiger partial charge in [-0.25, -0.2) is 9.37 Å². The van der Waals surface area contributed by atoms with Crippen LogP contribution in [-0.2, 0) is 12.8 Å². The number of carbonyl (C=O) groups is 1. The smallest absolute Gasteiger partial charge is 0.251 e.